The molecule has 12 rings (SSSR count). The minimum atomic E-state index is -0.171. The molecule has 2 aliphatic heterocycles. The van der Waals surface area contributed by atoms with E-state index in [-0.39, 0.29) is 28.5 Å². The van der Waals surface area contributed by atoms with Crippen LogP contribution in [-0.2, 0) is 21.7 Å². The monoisotopic (exact) mass is 858 g/mol. The third-order valence-corrected chi connectivity index (χ3v) is 15.0. The second-order valence-electron chi connectivity index (χ2n) is 23.5. The van der Waals surface area contributed by atoms with Gasteiger partial charge in [-0.25, -0.2) is 0 Å². The molecule has 0 radical (unpaired) electrons. The smallest absolute Gasteiger partial charge is 0.333 e. The zero-order chi connectivity index (χ0) is 46.0. The van der Waals surface area contributed by atoms with E-state index >= 15 is 0 Å². The van der Waals surface area contributed by atoms with Gasteiger partial charge in [0.15, 0.2) is 0 Å². The Labute approximate surface area is 390 Å². The van der Waals surface area contributed by atoms with Crippen molar-refractivity contribution in [3.63, 3.8) is 0 Å². The van der Waals surface area contributed by atoms with Crippen LogP contribution in [0.15, 0.2) is 144 Å². The van der Waals surface area contributed by atoms with Crippen LogP contribution in [0.2, 0.25) is 0 Å². The number of anilines is 5. The first-order chi connectivity index (χ1) is 31.3. The number of nitrogens with zero attached hydrogens (tertiary/aromatic N) is 2. The number of hydrogen-bond acceptors (Lipinski definition) is 3. The number of hydrogen-bond donors (Lipinski definition) is 0. The Morgan fingerprint density at radius 3 is 1.62 bits per heavy atom. The number of benzene rings is 9. The molecular weight excluding hydrogens is 800 g/mol. The second kappa shape index (κ2) is 13.5. The van der Waals surface area contributed by atoms with Gasteiger partial charge in [-0.3, -0.25) is 0 Å². The zero-order valence-electron chi connectivity index (χ0n) is 40.7. The van der Waals surface area contributed by atoms with Crippen molar-refractivity contribution >= 4 is 100 Å². The largest absolute Gasteiger partial charge is 0.456 e. The lowest BCUT2D eigenvalue weighted by Gasteiger charge is -2.47. The lowest BCUT2D eigenvalue weighted by atomic mass is 9.42. The molecule has 0 atom stereocenters. The summed E-state index contributed by atoms with van der Waals surface area (Å²) < 4.78 is 6.81. The van der Waals surface area contributed by atoms with Crippen molar-refractivity contribution in [2.45, 2.75) is 105 Å². The maximum absolute atomic E-state index is 6.81. The highest BCUT2D eigenvalue weighted by Gasteiger charge is 2.47. The van der Waals surface area contributed by atoms with Crippen LogP contribution in [-0.4, -0.2) is 6.85 Å². The molecule has 0 N–H and O–H groups in total. The topological polar surface area (TPSA) is 19.6 Å². The summed E-state index contributed by atoms with van der Waals surface area (Å²) in [5.74, 6) is 0. The quantitative estimate of drug-likeness (QED) is 0.128. The molecule has 9 aromatic carbocycles. The Hall–Kier alpha value is -6.52. The molecule has 3 heterocycles. The number of fused-ring (bicyclic) bond motifs is 9. The number of para-hydroxylation sites is 1. The molecule has 10 aromatic rings. The van der Waals surface area contributed by atoms with Crippen molar-refractivity contribution in [3.05, 3.63) is 162 Å². The number of furan rings is 1. The summed E-state index contributed by atoms with van der Waals surface area (Å²) in [6.07, 6.45) is 0. The minimum absolute atomic E-state index is 0.0148. The van der Waals surface area contributed by atoms with Gasteiger partial charge in [0.25, 0.3) is 0 Å². The normalized spacial score (nSPS) is 14.3. The lowest BCUT2D eigenvalue weighted by Crippen LogP contribution is -2.61. The fourth-order valence-electron chi connectivity index (χ4n) is 11.3. The van der Waals surface area contributed by atoms with Gasteiger partial charge in [-0.2, -0.15) is 0 Å². The summed E-state index contributed by atoms with van der Waals surface area (Å²) in [7, 11) is 0. The van der Waals surface area contributed by atoms with Crippen LogP contribution < -0.4 is 20.6 Å². The Morgan fingerprint density at radius 2 is 1.00 bits per heavy atom. The summed E-state index contributed by atoms with van der Waals surface area (Å²) in [6, 6.07) is 54.1. The van der Waals surface area contributed by atoms with Gasteiger partial charge in [0, 0.05) is 49.9 Å². The predicted molar refractivity (Wildman–Crippen MR) is 286 cm³/mol. The molecule has 0 spiro atoms. The fraction of sp³-hybridized carbons (Fsp3) is 0.258. The summed E-state index contributed by atoms with van der Waals surface area (Å²) in [6.45, 7) is 27.6. The first-order valence-corrected chi connectivity index (χ1v) is 24.0. The third-order valence-electron chi connectivity index (χ3n) is 15.0. The summed E-state index contributed by atoms with van der Waals surface area (Å²) in [4.78, 5) is 5.27. The Bertz CT molecular complexity index is 3600. The van der Waals surface area contributed by atoms with E-state index in [2.05, 4.69) is 232 Å². The molecule has 1 aromatic heterocycles. The van der Waals surface area contributed by atoms with E-state index in [0.29, 0.717) is 0 Å². The van der Waals surface area contributed by atoms with Gasteiger partial charge in [-0.05, 0) is 137 Å². The highest BCUT2D eigenvalue weighted by atomic mass is 16.3. The molecule has 66 heavy (non-hydrogen) atoms. The van der Waals surface area contributed by atoms with E-state index in [4.69, 9.17) is 4.42 Å². The highest BCUT2D eigenvalue weighted by molar-refractivity contribution is 6.94. The lowest BCUT2D eigenvalue weighted by molar-refractivity contribution is 0.590. The average Bonchev–Trinajstić information content (AvgIpc) is 3.64. The van der Waals surface area contributed by atoms with Gasteiger partial charge in [-0.15, -0.1) is 0 Å². The Morgan fingerprint density at radius 1 is 0.424 bits per heavy atom. The van der Waals surface area contributed by atoms with E-state index in [9.17, 15) is 0 Å². The molecule has 4 heteroatoms. The molecule has 2 aliphatic rings. The molecule has 0 saturated heterocycles. The van der Waals surface area contributed by atoms with Crippen LogP contribution >= 0.6 is 0 Å². The molecular formula is C62H59BN2O. The summed E-state index contributed by atoms with van der Waals surface area (Å²) in [5, 5.41) is 10.1. The van der Waals surface area contributed by atoms with Crippen molar-refractivity contribution in [2.75, 3.05) is 9.71 Å². The Balaban J connectivity index is 1.29. The van der Waals surface area contributed by atoms with Crippen molar-refractivity contribution in [3.8, 4) is 11.1 Å². The summed E-state index contributed by atoms with van der Waals surface area (Å²) >= 11 is 0. The van der Waals surface area contributed by atoms with Gasteiger partial charge in [0.2, 0.25) is 0 Å². The van der Waals surface area contributed by atoms with E-state index in [0.717, 1.165) is 27.6 Å². The van der Waals surface area contributed by atoms with Crippen molar-refractivity contribution in [2.24, 2.45) is 0 Å². The van der Waals surface area contributed by atoms with E-state index in [1.165, 1.54) is 99.4 Å². The van der Waals surface area contributed by atoms with Crippen molar-refractivity contribution < 1.29 is 4.42 Å². The zero-order valence-corrected chi connectivity index (χ0v) is 40.7. The van der Waals surface area contributed by atoms with E-state index in [1.807, 2.05) is 0 Å². The maximum atomic E-state index is 6.81. The Kier molecular flexibility index (Phi) is 8.40. The highest BCUT2D eigenvalue weighted by Crippen LogP contribution is 2.54. The van der Waals surface area contributed by atoms with Gasteiger partial charge in [0.1, 0.15) is 11.2 Å². The number of rotatable bonds is 2. The van der Waals surface area contributed by atoms with Gasteiger partial charge in [0.05, 0.1) is 5.69 Å². The van der Waals surface area contributed by atoms with Crippen LogP contribution in [0.5, 0.6) is 0 Å². The van der Waals surface area contributed by atoms with Crippen LogP contribution in [0, 0.1) is 0 Å². The average molecular weight is 859 g/mol. The minimum Gasteiger partial charge on any atom is -0.456 e. The predicted octanol–water partition coefficient (Wildman–Crippen LogP) is 16.4. The molecule has 0 bridgehead atoms. The second-order valence-corrected chi connectivity index (χ2v) is 23.5. The van der Waals surface area contributed by atoms with Crippen LogP contribution in [0.25, 0.3) is 65.4 Å². The van der Waals surface area contributed by atoms with Crippen LogP contribution in [0.3, 0.4) is 0 Å². The van der Waals surface area contributed by atoms with Crippen LogP contribution in [0.1, 0.15) is 105 Å². The van der Waals surface area contributed by atoms with E-state index in [1.54, 1.807) is 0 Å². The van der Waals surface area contributed by atoms with Gasteiger partial charge < -0.3 is 14.1 Å². The van der Waals surface area contributed by atoms with Crippen molar-refractivity contribution in [1.82, 2.24) is 0 Å². The molecule has 3 nitrogen and oxygen atoms in total. The fourth-order valence-corrected chi connectivity index (χ4v) is 11.3. The molecule has 326 valence electrons. The summed E-state index contributed by atoms with van der Waals surface area (Å²) in [5.41, 5.74) is 18.3. The maximum Gasteiger partial charge on any atom is 0.333 e. The molecule has 0 saturated carbocycles. The first kappa shape index (κ1) is 41.0. The van der Waals surface area contributed by atoms with Gasteiger partial charge >= 0.3 is 6.85 Å². The van der Waals surface area contributed by atoms with Crippen LogP contribution in [0.4, 0.5) is 28.4 Å². The molecule has 0 aliphatic carbocycles. The van der Waals surface area contributed by atoms with Gasteiger partial charge in [-0.1, -0.05) is 168 Å². The molecule has 0 unspecified atom stereocenters. The standard InChI is InChI=1S/C62H59BN2O/c1-59(2,3)38-19-24-42(25-20-38)64-51-34-47-44-15-13-14-16-52(44)66-53(47)35-49(51)63-57-56(45-28-17-36-31-41(62(10,11)12)32-37-18-29-46(58(57)64)55(45)54(36)37)48-33-40(61(7,8)9)23-30-50(48)65(63)43-26-21-39(22-27-43)60(4,5)6/h13-35H,1-12H3. The molecule has 0 amide bonds. The van der Waals surface area contributed by atoms with E-state index < -0.39 is 0 Å². The SMILES string of the molecule is CC(C)(C)c1ccc(N2B3c4cc5oc6ccccc6c5cc4N(c4ccc(C(C)(C)C)cc4)c4c3c(c3ccc5cc(C(C)(C)C)cc6ccc4c3c56)-c3cc(C(C)(C)C)ccc32)cc1. The van der Waals surface area contributed by atoms with Crippen molar-refractivity contribution in [1.29, 1.82) is 0 Å². The third kappa shape index (κ3) is 5.96. The molecule has 0 fully saturated rings. The first-order valence-electron chi connectivity index (χ1n) is 24.0.